The van der Waals surface area contributed by atoms with Crippen molar-refractivity contribution in [2.24, 2.45) is 16.8 Å². The van der Waals surface area contributed by atoms with Crippen molar-refractivity contribution >= 4 is 35.8 Å². The molecular formula is C18H35IN4O. The van der Waals surface area contributed by atoms with Crippen molar-refractivity contribution in [2.75, 3.05) is 13.6 Å². The average molecular weight is 450 g/mol. The predicted octanol–water partition coefficient (Wildman–Crippen LogP) is 3.04. The number of nitrogens with zero attached hydrogens (tertiary/aromatic N) is 1. The van der Waals surface area contributed by atoms with Crippen LogP contribution < -0.4 is 16.0 Å². The molecule has 2 fully saturated rings. The van der Waals surface area contributed by atoms with Gasteiger partial charge in [0, 0.05) is 32.1 Å². The van der Waals surface area contributed by atoms with Crippen LogP contribution in [0.2, 0.25) is 0 Å². The lowest BCUT2D eigenvalue weighted by atomic mass is 9.80. The zero-order chi connectivity index (χ0) is 16.7. The fourth-order valence-corrected chi connectivity index (χ4v) is 3.30. The molecule has 0 unspecified atom stereocenters. The summed E-state index contributed by atoms with van der Waals surface area (Å²) in [5, 5.41) is 9.89. The van der Waals surface area contributed by atoms with Gasteiger partial charge in [-0.2, -0.15) is 0 Å². The summed E-state index contributed by atoms with van der Waals surface area (Å²) < 4.78 is 0. The topological polar surface area (TPSA) is 65.5 Å². The fraction of sp³-hybridized carbons (Fsp3) is 0.889. The Morgan fingerprint density at radius 3 is 2.17 bits per heavy atom. The molecule has 0 spiro atoms. The highest BCUT2D eigenvalue weighted by Gasteiger charge is 2.24. The second-order valence-corrected chi connectivity index (χ2v) is 7.44. The third-order valence-electron chi connectivity index (χ3n) is 5.09. The van der Waals surface area contributed by atoms with E-state index in [1.807, 2.05) is 7.05 Å². The minimum absolute atomic E-state index is 0. The first kappa shape index (κ1) is 21.5. The monoisotopic (exact) mass is 450 g/mol. The molecule has 0 aliphatic heterocycles. The number of aliphatic imine (C=N–C) groups is 1. The van der Waals surface area contributed by atoms with E-state index in [0.29, 0.717) is 18.5 Å². The fourth-order valence-electron chi connectivity index (χ4n) is 3.30. The van der Waals surface area contributed by atoms with Crippen molar-refractivity contribution in [3.05, 3.63) is 0 Å². The predicted molar refractivity (Wildman–Crippen MR) is 111 cm³/mol. The Hall–Kier alpha value is -0.530. The van der Waals surface area contributed by atoms with Crippen LogP contribution in [0.1, 0.15) is 65.2 Å². The van der Waals surface area contributed by atoms with Gasteiger partial charge in [-0.05, 0) is 56.8 Å². The van der Waals surface area contributed by atoms with Gasteiger partial charge in [0.15, 0.2) is 5.96 Å². The smallest absolute Gasteiger partial charge is 0.220 e. The van der Waals surface area contributed by atoms with Gasteiger partial charge in [0.25, 0.3) is 0 Å². The Morgan fingerprint density at radius 2 is 1.62 bits per heavy atom. The highest BCUT2D eigenvalue weighted by Crippen LogP contribution is 2.29. The number of halogens is 1. The molecule has 1 amide bonds. The van der Waals surface area contributed by atoms with Gasteiger partial charge in [-0.15, -0.1) is 24.0 Å². The number of hydrogen-bond donors (Lipinski definition) is 3. The van der Waals surface area contributed by atoms with Crippen molar-refractivity contribution in [2.45, 2.75) is 77.3 Å². The van der Waals surface area contributed by atoms with E-state index in [1.54, 1.807) is 0 Å². The molecule has 0 aromatic rings. The first-order valence-electron chi connectivity index (χ1n) is 9.35. The molecule has 3 N–H and O–H groups in total. The Labute approximate surface area is 164 Å². The summed E-state index contributed by atoms with van der Waals surface area (Å²) in [5.74, 6) is 2.74. The van der Waals surface area contributed by atoms with E-state index in [2.05, 4.69) is 34.8 Å². The van der Waals surface area contributed by atoms with Crippen molar-refractivity contribution in [1.29, 1.82) is 0 Å². The van der Waals surface area contributed by atoms with Crippen LogP contribution in [0.5, 0.6) is 0 Å². The molecule has 0 bridgehead atoms. The molecule has 2 aliphatic carbocycles. The van der Waals surface area contributed by atoms with Crippen LogP contribution in [0.25, 0.3) is 0 Å². The number of amides is 1. The number of carbonyl (C=O) groups is 1. The standard InChI is InChI=1S/C18H34N4O.HI/c1-13(2)14-6-8-16(9-7-14)22-18(19-3)20-12-4-5-17(23)21-15-10-11-15;/h13-16H,4-12H2,1-3H3,(H,21,23)(H2,19,20,22);1H. The average Bonchev–Trinajstić information content (AvgIpc) is 3.34. The SMILES string of the molecule is CN=C(NCCCC(=O)NC1CC1)NC1CCC(C(C)C)CC1.I. The van der Waals surface area contributed by atoms with E-state index < -0.39 is 0 Å². The summed E-state index contributed by atoms with van der Waals surface area (Å²) in [6, 6.07) is 1.00. The lowest BCUT2D eigenvalue weighted by molar-refractivity contribution is -0.121. The normalized spacial score (nSPS) is 24.2. The van der Waals surface area contributed by atoms with Crippen molar-refractivity contribution in [3.8, 4) is 0 Å². The maximum Gasteiger partial charge on any atom is 0.220 e. The van der Waals surface area contributed by atoms with Crippen LogP contribution in [0.3, 0.4) is 0 Å². The molecule has 0 heterocycles. The quantitative estimate of drug-likeness (QED) is 0.242. The summed E-state index contributed by atoms with van der Waals surface area (Å²) in [6.07, 6.45) is 8.83. The van der Waals surface area contributed by atoms with E-state index in [0.717, 1.165) is 43.6 Å². The van der Waals surface area contributed by atoms with Gasteiger partial charge >= 0.3 is 0 Å². The second kappa shape index (κ2) is 11.2. The zero-order valence-corrected chi connectivity index (χ0v) is 17.8. The Kier molecular flexibility index (Phi) is 10.0. The molecule has 6 heteroatoms. The number of carbonyl (C=O) groups excluding carboxylic acids is 1. The number of hydrogen-bond acceptors (Lipinski definition) is 2. The minimum atomic E-state index is 0. The first-order valence-corrected chi connectivity index (χ1v) is 9.35. The number of nitrogens with one attached hydrogen (secondary N) is 3. The Balaban J connectivity index is 0.00000288. The van der Waals surface area contributed by atoms with E-state index in [9.17, 15) is 4.79 Å². The van der Waals surface area contributed by atoms with Crippen LogP contribution in [0.15, 0.2) is 4.99 Å². The van der Waals surface area contributed by atoms with Gasteiger partial charge < -0.3 is 16.0 Å². The molecule has 2 saturated carbocycles. The van der Waals surface area contributed by atoms with Crippen LogP contribution in [0.4, 0.5) is 0 Å². The summed E-state index contributed by atoms with van der Waals surface area (Å²) in [4.78, 5) is 15.9. The molecule has 5 nitrogen and oxygen atoms in total. The van der Waals surface area contributed by atoms with Crippen LogP contribution in [-0.4, -0.2) is 37.5 Å². The number of rotatable bonds is 7. The zero-order valence-electron chi connectivity index (χ0n) is 15.4. The summed E-state index contributed by atoms with van der Waals surface area (Å²) in [7, 11) is 1.81. The van der Waals surface area contributed by atoms with Gasteiger partial charge in [0.2, 0.25) is 5.91 Å². The van der Waals surface area contributed by atoms with Gasteiger partial charge in [0.1, 0.15) is 0 Å². The first-order chi connectivity index (χ1) is 11.1. The van der Waals surface area contributed by atoms with E-state index in [1.165, 1.54) is 25.7 Å². The molecule has 0 aromatic carbocycles. The third kappa shape index (κ3) is 8.03. The summed E-state index contributed by atoms with van der Waals surface area (Å²) >= 11 is 0. The van der Waals surface area contributed by atoms with Gasteiger partial charge in [0.05, 0.1) is 0 Å². The van der Waals surface area contributed by atoms with Crippen LogP contribution in [0, 0.1) is 11.8 Å². The molecule has 0 aromatic heterocycles. The van der Waals surface area contributed by atoms with Crippen molar-refractivity contribution in [3.63, 3.8) is 0 Å². The summed E-state index contributed by atoms with van der Waals surface area (Å²) in [5.41, 5.74) is 0. The third-order valence-corrected chi connectivity index (χ3v) is 5.09. The molecule has 0 radical (unpaired) electrons. The molecular weight excluding hydrogens is 415 g/mol. The summed E-state index contributed by atoms with van der Waals surface area (Å²) in [6.45, 7) is 5.45. The lowest BCUT2D eigenvalue weighted by Gasteiger charge is -2.32. The minimum Gasteiger partial charge on any atom is -0.356 e. The van der Waals surface area contributed by atoms with Gasteiger partial charge in [-0.25, -0.2) is 0 Å². The van der Waals surface area contributed by atoms with Crippen molar-refractivity contribution in [1.82, 2.24) is 16.0 Å². The van der Waals surface area contributed by atoms with Crippen molar-refractivity contribution < 1.29 is 4.79 Å². The highest BCUT2D eigenvalue weighted by molar-refractivity contribution is 14.0. The molecule has 24 heavy (non-hydrogen) atoms. The molecule has 2 rings (SSSR count). The largest absolute Gasteiger partial charge is 0.356 e. The van der Waals surface area contributed by atoms with E-state index in [4.69, 9.17) is 0 Å². The van der Waals surface area contributed by atoms with Gasteiger partial charge in [-0.3, -0.25) is 9.79 Å². The molecule has 0 atom stereocenters. The number of guanidine groups is 1. The van der Waals surface area contributed by atoms with Gasteiger partial charge in [-0.1, -0.05) is 13.8 Å². The maximum atomic E-state index is 11.6. The van der Waals surface area contributed by atoms with Crippen LogP contribution in [-0.2, 0) is 4.79 Å². The van der Waals surface area contributed by atoms with E-state index >= 15 is 0 Å². The maximum absolute atomic E-state index is 11.6. The van der Waals surface area contributed by atoms with E-state index in [-0.39, 0.29) is 29.9 Å². The highest BCUT2D eigenvalue weighted by atomic mass is 127. The Morgan fingerprint density at radius 1 is 1.04 bits per heavy atom. The van der Waals surface area contributed by atoms with Crippen LogP contribution >= 0.6 is 24.0 Å². The molecule has 0 saturated heterocycles. The lowest BCUT2D eigenvalue weighted by Crippen LogP contribution is -2.45. The molecule has 2 aliphatic rings. The Bertz CT molecular complexity index is 402. The second-order valence-electron chi connectivity index (χ2n) is 7.44. The molecule has 140 valence electrons.